The van der Waals surface area contributed by atoms with E-state index in [0.29, 0.717) is 36.4 Å². The van der Waals surface area contributed by atoms with Crippen molar-refractivity contribution in [1.29, 1.82) is 0 Å². The number of rotatable bonds is 1. The average molecular weight is 276 g/mol. The molecule has 0 radical (unpaired) electrons. The van der Waals surface area contributed by atoms with Crippen LogP contribution in [0.25, 0.3) is 0 Å². The Morgan fingerprint density at radius 1 is 1.35 bits per heavy atom. The lowest BCUT2D eigenvalue weighted by Gasteiger charge is -2.59. The third-order valence-corrected chi connectivity index (χ3v) is 6.77. The molecule has 0 aromatic carbocycles. The second kappa shape index (κ2) is 4.43. The van der Waals surface area contributed by atoms with Crippen molar-refractivity contribution in [3.05, 3.63) is 11.6 Å². The molecule has 0 amide bonds. The van der Waals surface area contributed by atoms with Gasteiger partial charge in [-0.05, 0) is 49.9 Å². The largest absolute Gasteiger partial charge is 0.385 e. The Hall–Kier alpha value is -0.630. The summed E-state index contributed by atoms with van der Waals surface area (Å²) in [5.41, 5.74) is 0.506. The molecule has 0 aromatic rings. The zero-order valence-corrected chi connectivity index (χ0v) is 13.3. The Bertz CT molecular complexity index is 464. The summed E-state index contributed by atoms with van der Waals surface area (Å²) in [5.74, 6) is 2.01. The van der Waals surface area contributed by atoms with Crippen molar-refractivity contribution >= 4 is 5.78 Å². The van der Waals surface area contributed by atoms with Gasteiger partial charge in [0.1, 0.15) is 5.78 Å². The van der Waals surface area contributed by atoms with Crippen LogP contribution in [0.15, 0.2) is 11.6 Å². The summed E-state index contributed by atoms with van der Waals surface area (Å²) in [6.07, 6.45) is 6.65. The average Bonchev–Trinajstić information content (AvgIpc) is 2.59. The summed E-state index contributed by atoms with van der Waals surface area (Å²) < 4.78 is 0. The first-order chi connectivity index (χ1) is 9.33. The molecule has 1 N–H and O–H groups in total. The molecule has 0 aliphatic heterocycles. The van der Waals surface area contributed by atoms with Crippen molar-refractivity contribution in [2.45, 2.75) is 65.4 Å². The van der Waals surface area contributed by atoms with Crippen LogP contribution in [0.3, 0.4) is 0 Å². The standard InChI is InChI=1S/C18H28O2/c1-11(2)15-6-5-13(4)17-8-7-14(19)9-16(17)12(3)10-18(15,17)20/h10-11,13,15-16,20H,5-9H2,1-4H3/t13-,15+,16?,17?,18-/m1/s1. The van der Waals surface area contributed by atoms with Gasteiger partial charge in [0, 0.05) is 18.3 Å². The SMILES string of the molecule is CC1=C[C@@]2(O)[C@H](C(C)C)CC[C@@H](C)C23CCC(=O)CC13. The predicted molar refractivity (Wildman–Crippen MR) is 80.2 cm³/mol. The molecule has 3 rings (SSSR count). The van der Waals surface area contributed by atoms with E-state index in [1.54, 1.807) is 0 Å². The van der Waals surface area contributed by atoms with Crippen LogP contribution in [0.1, 0.15) is 59.8 Å². The van der Waals surface area contributed by atoms with Gasteiger partial charge in [-0.2, -0.15) is 0 Å². The van der Waals surface area contributed by atoms with Crippen molar-refractivity contribution in [2.75, 3.05) is 0 Å². The topological polar surface area (TPSA) is 37.3 Å². The van der Waals surface area contributed by atoms with Gasteiger partial charge in [0.25, 0.3) is 0 Å². The van der Waals surface area contributed by atoms with Gasteiger partial charge in [-0.15, -0.1) is 0 Å². The number of hydrogen-bond acceptors (Lipinski definition) is 2. The molecule has 20 heavy (non-hydrogen) atoms. The fourth-order valence-corrected chi connectivity index (χ4v) is 5.85. The predicted octanol–water partition coefficient (Wildman–Crippen LogP) is 3.74. The fourth-order valence-electron chi connectivity index (χ4n) is 5.85. The van der Waals surface area contributed by atoms with Crippen LogP contribution < -0.4 is 0 Å². The highest BCUT2D eigenvalue weighted by atomic mass is 16.3. The van der Waals surface area contributed by atoms with Gasteiger partial charge in [0.05, 0.1) is 5.60 Å². The molecule has 0 saturated heterocycles. The smallest absolute Gasteiger partial charge is 0.133 e. The normalized spacial score (nSPS) is 48.0. The minimum Gasteiger partial charge on any atom is -0.385 e. The Balaban J connectivity index is 2.11. The molecule has 1 spiro atoms. The van der Waals surface area contributed by atoms with Crippen molar-refractivity contribution in [1.82, 2.24) is 0 Å². The van der Waals surface area contributed by atoms with Crippen molar-refractivity contribution < 1.29 is 9.90 Å². The third-order valence-electron chi connectivity index (χ3n) is 6.77. The summed E-state index contributed by atoms with van der Waals surface area (Å²) in [6, 6.07) is 0. The highest BCUT2D eigenvalue weighted by Crippen LogP contribution is 2.66. The minimum absolute atomic E-state index is 0.0713. The number of ketones is 1. The zero-order valence-electron chi connectivity index (χ0n) is 13.3. The fraction of sp³-hybridized carbons (Fsp3) is 0.833. The Kier molecular flexibility index (Phi) is 3.17. The summed E-state index contributed by atoms with van der Waals surface area (Å²) in [4.78, 5) is 11.9. The first-order valence-corrected chi connectivity index (χ1v) is 8.26. The summed E-state index contributed by atoms with van der Waals surface area (Å²) in [7, 11) is 0. The Morgan fingerprint density at radius 2 is 2.05 bits per heavy atom. The summed E-state index contributed by atoms with van der Waals surface area (Å²) in [6.45, 7) is 8.90. The van der Waals surface area contributed by atoms with Crippen LogP contribution in [-0.4, -0.2) is 16.5 Å². The maximum absolute atomic E-state index is 11.9. The maximum Gasteiger partial charge on any atom is 0.133 e. The van der Waals surface area contributed by atoms with E-state index in [1.165, 1.54) is 12.0 Å². The van der Waals surface area contributed by atoms with E-state index in [4.69, 9.17) is 0 Å². The van der Waals surface area contributed by atoms with Crippen LogP contribution in [0.4, 0.5) is 0 Å². The number of aliphatic hydroxyl groups is 1. The first-order valence-electron chi connectivity index (χ1n) is 8.26. The second-order valence-electron chi connectivity index (χ2n) is 7.88. The number of hydrogen-bond donors (Lipinski definition) is 1. The van der Waals surface area contributed by atoms with Crippen LogP contribution in [0.5, 0.6) is 0 Å². The van der Waals surface area contributed by atoms with Gasteiger partial charge in [-0.25, -0.2) is 0 Å². The second-order valence-corrected chi connectivity index (χ2v) is 7.88. The number of carbonyl (C=O) groups is 1. The van der Waals surface area contributed by atoms with Crippen LogP contribution in [-0.2, 0) is 4.79 Å². The van der Waals surface area contributed by atoms with Gasteiger partial charge in [-0.3, -0.25) is 4.79 Å². The first kappa shape index (κ1) is 14.3. The minimum atomic E-state index is -0.686. The van der Waals surface area contributed by atoms with Crippen molar-refractivity contribution in [3.63, 3.8) is 0 Å². The lowest BCUT2D eigenvalue weighted by molar-refractivity contribution is -0.179. The van der Waals surface area contributed by atoms with Gasteiger partial charge in [0.15, 0.2) is 0 Å². The quantitative estimate of drug-likeness (QED) is 0.741. The summed E-state index contributed by atoms with van der Waals surface area (Å²) in [5, 5.41) is 11.7. The molecule has 2 heteroatoms. The van der Waals surface area contributed by atoms with E-state index in [0.717, 1.165) is 12.8 Å². The molecule has 112 valence electrons. The molecule has 0 bridgehead atoms. The molecule has 0 aromatic heterocycles. The molecular formula is C18H28O2. The molecule has 2 fully saturated rings. The Morgan fingerprint density at radius 3 is 2.70 bits per heavy atom. The Labute approximate surface area is 122 Å². The van der Waals surface area contributed by atoms with Crippen molar-refractivity contribution in [2.24, 2.45) is 29.1 Å². The number of carbonyl (C=O) groups excluding carboxylic acids is 1. The third kappa shape index (κ3) is 1.57. The highest BCUT2D eigenvalue weighted by molar-refractivity contribution is 5.80. The highest BCUT2D eigenvalue weighted by Gasteiger charge is 2.66. The monoisotopic (exact) mass is 276 g/mol. The van der Waals surface area contributed by atoms with E-state index in [-0.39, 0.29) is 11.3 Å². The van der Waals surface area contributed by atoms with E-state index < -0.39 is 5.60 Å². The van der Waals surface area contributed by atoms with Crippen LogP contribution in [0.2, 0.25) is 0 Å². The van der Waals surface area contributed by atoms with E-state index >= 15 is 0 Å². The molecule has 5 atom stereocenters. The van der Waals surface area contributed by atoms with Gasteiger partial charge in [-0.1, -0.05) is 32.4 Å². The van der Waals surface area contributed by atoms with Gasteiger partial charge < -0.3 is 5.11 Å². The lowest BCUT2D eigenvalue weighted by atomic mass is 9.47. The lowest BCUT2D eigenvalue weighted by Crippen LogP contribution is -2.61. The van der Waals surface area contributed by atoms with Crippen LogP contribution >= 0.6 is 0 Å². The molecule has 2 unspecified atom stereocenters. The number of allylic oxidation sites excluding steroid dienone is 1. The molecule has 2 nitrogen and oxygen atoms in total. The van der Waals surface area contributed by atoms with E-state index in [9.17, 15) is 9.90 Å². The van der Waals surface area contributed by atoms with Gasteiger partial charge in [0.2, 0.25) is 0 Å². The number of Topliss-reactive ketones (excluding diaryl/α,β-unsaturated/α-hetero) is 1. The molecule has 3 aliphatic carbocycles. The molecule has 0 heterocycles. The van der Waals surface area contributed by atoms with Gasteiger partial charge >= 0.3 is 0 Å². The summed E-state index contributed by atoms with van der Waals surface area (Å²) >= 11 is 0. The van der Waals surface area contributed by atoms with E-state index in [2.05, 4.69) is 33.8 Å². The van der Waals surface area contributed by atoms with Crippen LogP contribution in [0, 0.1) is 29.1 Å². The molecular weight excluding hydrogens is 248 g/mol. The zero-order chi connectivity index (χ0) is 14.7. The maximum atomic E-state index is 11.9. The molecule has 3 aliphatic rings. The molecule has 2 saturated carbocycles. The van der Waals surface area contributed by atoms with E-state index in [1.807, 2.05) is 0 Å². The van der Waals surface area contributed by atoms with Crippen molar-refractivity contribution in [3.8, 4) is 0 Å².